The zero-order valence-corrected chi connectivity index (χ0v) is 12.2. The fourth-order valence-corrected chi connectivity index (χ4v) is 5.01. The minimum Gasteiger partial charge on any atom is -0.122 e. The Bertz CT molecular complexity index is 446. The molecular weight excluding hydrogens is 276 g/mol. The summed E-state index contributed by atoms with van der Waals surface area (Å²) in [6, 6.07) is 7.94. The maximum absolute atomic E-state index is 5.85. The molecule has 0 amide bonds. The molecular formula is C12H11ClS3. The van der Waals surface area contributed by atoms with Gasteiger partial charge in [0.25, 0.3) is 0 Å². The smallest absolute Gasteiger partial charge is 0.0548 e. The molecule has 1 aromatic carbocycles. The summed E-state index contributed by atoms with van der Waals surface area (Å²) in [5, 5.41) is 0.785. The van der Waals surface area contributed by atoms with E-state index in [9.17, 15) is 0 Å². The summed E-state index contributed by atoms with van der Waals surface area (Å²) < 4.78 is 2.74. The topological polar surface area (TPSA) is 0 Å². The van der Waals surface area contributed by atoms with Crippen LogP contribution in [0.1, 0.15) is 12.5 Å². The Morgan fingerprint density at radius 3 is 2.44 bits per heavy atom. The molecule has 0 aromatic heterocycles. The van der Waals surface area contributed by atoms with E-state index in [0.717, 1.165) is 5.02 Å². The number of allylic oxidation sites excluding steroid dienone is 1. The van der Waals surface area contributed by atoms with Gasteiger partial charge in [-0.1, -0.05) is 47.3 Å². The number of hydrogen-bond acceptors (Lipinski definition) is 3. The molecule has 0 N–H and O–H groups in total. The first-order chi connectivity index (χ1) is 7.69. The van der Waals surface area contributed by atoms with Gasteiger partial charge < -0.3 is 0 Å². The molecule has 16 heavy (non-hydrogen) atoms. The highest BCUT2D eigenvalue weighted by Crippen LogP contribution is 2.53. The van der Waals surface area contributed by atoms with Gasteiger partial charge in [-0.2, -0.15) is 0 Å². The zero-order valence-electron chi connectivity index (χ0n) is 8.99. The number of thioether (sulfide) groups is 3. The summed E-state index contributed by atoms with van der Waals surface area (Å²) in [6.07, 6.45) is 4.33. The van der Waals surface area contributed by atoms with Crippen molar-refractivity contribution >= 4 is 53.0 Å². The Hall–Kier alpha value is 0.0400. The van der Waals surface area contributed by atoms with Crippen molar-refractivity contribution < 1.29 is 0 Å². The van der Waals surface area contributed by atoms with Crippen molar-refractivity contribution in [1.29, 1.82) is 0 Å². The fraction of sp³-hybridized carbons (Fsp3) is 0.167. The summed E-state index contributed by atoms with van der Waals surface area (Å²) in [7, 11) is 0. The highest BCUT2D eigenvalue weighted by Gasteiger charge is 2.16. The third kappa shape index (κ3) is 3.04. The van der Waals surface area contributed by atoms with Crippen molar-refractivity contribution in [1.82, 2.24) is 0 Å². The fourth-order valence-electron chi connectivity index (χ4n) is 1.32. The summed E-state index contributed by atoms with van der Waals surface area (Å²) in [4.78, 5) is 1.40. The molecule has 0 unspecified atom stereocenters. The highest BCUT2D eigenvalue weighted by molar-refractivity contribution is 8.35. The van der Waals surface area contributed by atoms with Crippen LogP contribution in [0.15, 0.2) is 37.6 Å². The average Bonchev–Trinajstić information content (AvgIpc) is 2.62. The molecule has 2 rings (SSSR count). The third-order valence-electron chi connectivity index (χ3n) is 2.07. The molecule has 0 saturated carbocycles. The quantitative estimate of drug-likeness (QED) is 0.687. The van der Waals surface area contributed by atoms with Gasteiger partial charge in [-0.25, -0.2) is 0 Å². The lowest BCUT2D eigenvalue weighted by Gasteiger charge is -1.97. The largest absolute Gasteiger partial charge is 0.122 e. The molecule has 0 fully saturated rings. The van der Waals surface area contributed by atoms with Crippen LogP contribution in [0.4, 0.5) is 0 Å². The van der Waals surface area contributed by atoms with Gasteiger partial charge in [0.15, 0.2) is 0 Å². The van der Waals surface area contributed by atoms with E-state index in [1.807, 2.05) is 59.6 Å². The maximum atomic E-state index is 5.85. The minimum atomic E-state index is 0.785. The van der Waals surface area contributed by atoms with Gasteiger partial charge in [0.2, 0.25) is 0 Å². The van der Waals surface area contributed by atoms with Crippen LogP contribution in [0.25, 0.3) is 6.08 Å². The first-order valence-corrected chi connectivity index (χ1v) is 8.00. The Kier molecular flexibility index (Phi) is 4.36. The summed E-state index contributed by atoms with van der Waals surface area (Å²) in [5.41, 5.74) is 1.20. The van der Waals surface area contributed by atoms with Crippen molar-refractivity contribution in [2.75, 3.05) is 6.26 Å². The van der Waals surface area contributed by atoms with Gasteiger partial charge in [-0.3, -0.25) is 0 Å². The van der Waals surface area contributed by atoms with Crippen molar-refractivity contribution in [2.24, 2.45) is 0 Å². The molecule has 4 heteroatoms. The van der Waals surface area contributed by atoms with E-state index in [2.05, 4.69) is 19.3 Å². The van der Waals surface area contributed by atoms with Gasteiger partial charge >= 0.3 is 0 Å². The zero-order chi connectivity index (χ0) is 11.5. The Balaban J connectivity index is 2.14. The van der Waals surface area contributed by atoms with Crippen molar-refractivity contribution in [3.8, 4) is 0 Å². The first-order valence-electron chi connectivity index (χ1n) is 4.77. The van der Waals surface area contributed by atoms with Crippen molar-refractivity contribution in [3.63, 3.8) is 0 Å². The lowest BCUT2D eigenvalue weighted by Crippen LogP contribution is -1.71. The maximum Gasteiger partial charge on any atom is 0.0548 e. The molecule has 0 bridgehead atoms. The summed E-state index contributed by atoms with van der Waals surface area (Å²) in [6.45, 7) is 2.17. The van der Waals surface area contributed by atoms with Gasteiger partial charge in [0.1, 0.15) is 0 Å². The summed E-state index contributed by atoms with van der Waals surface area (Å²) >= 11 is 11.4. The van der Waals surface area contributed by atoms with Gasteiger partial charge in [-0.05, 0) is 37.0 Å². The van der Waals surface area contributed by atoms with Crippen molar-refractivity contribution in [3.05, 3.63) is 48.2 Å². The normalized spacial score (nSPS) is 18.6. The van der Waals surface area contributed by atoms with E-state index >= 15 is 0 Å². The van der Waals surface area contributed by atoms with Crippen LogP contribution in [0.5, 0.6) is 0 Å². The molecule has 0 radical (unpaired) electrons. The van der Waals surface area contributed by atoms with E-state index in [4.69, 9.17) is 11.6 Å². The standard InChI is InChI=1S/C12H11ClS3/c1-8-12(14-2)16-11(15-8)7-9-3-5-10(13)6-4-9/h3-7H,1-2H3/b11-7-. The lowest BCUT2D eigenvalue weighted by molar-refractivity contribution is 1.66. The van der Waals surface area contributed by atoms with E-state index in [1.165, 1.54) is 18.9 Å². The molecule has 0 aliphatic carbocycles. The van der Waals surface area contributed by atoms with Crippen LogP contribution in [0.2, 0.25) is 5.02 Å². The SMILES string of the molecule is CSC1=C(C)S/C(=C/c2ccc(Cl)cc2)S1. The van der Waals surface area contributed by atoms with E-state index in [0.29, 0.717) is 0 Å². The Morgan fingerprint density at radius 2 is 1.88 bits per heavy atom. The third-order valence-corrected chi connectivity index (χ3v) is 6.15. The molecule has 0 saturated heterocycles. The predicted molar refractivity (Wildman–Crippen MR) is 80.8 cm³/mol. The van der Waals surface area contributed by atoms with Crippen LogP contribution >= 0.6 is 46.9 Å². The van der Waals surface area contributed by atoms with Crippen LogP contribution in [0, 0.1) is 0 Å². The minimum absolute atomic E-state index is 0.785. The number of rotatable bonds is 2. The monoisotopic (exact) mass is 286 g/mol. The predicted octanol–water partition coefficient (Wildman–Crippen LogP) is 5.67. The number of halogens is 1. The molecule has 1 aliphatic heterocycles. The molecule has 1 heterocycles. The Morgan fingerprint density at radius 1 is 1.19 bits per heavy atom. The second-order valence-corrected chi connectivity index (χ2v) is 7.35. The molecule has 0 nitrogen and oxygen atoms in total. The van der Waals surface area contributed by atoms with E-state index in [-0.39, 0.29) is 0 Å². The van der Waals surface area contributed by atoms with Crippen LogP contribution in [-0.2, 0) is 0 Å². The number of hydrogen-bond donors (Lipinski definition) is 0. The van der Waals surface area contributed by atoms with Crippen LogP contribution in [0.3, 0.4) is 0 Å². The average molecular weight is 287 g/mol. The van der Waals surface area contributed by atoms with Gasteiger partial charge in [-0.15, -0.1) is 11.8 Å². The van der Waals surface area contributed by atoms with Gasteiger partial charge in [0.05, 0.1) is 8.47 Å². The van der Waals surface area contributed by atoms with E-state index in [1.54, 1.807) is 0 Å². The molecule has 1 aromatic rings. The molecule has 0 atom stereocenters. The van der Waals surface area contributed by atoms with Crippen LogP contribution < -0.4 is 0 Å². The molecule has 84 valence electrons. The summed E-state index contributed by atoms with van der Waals surface area (Å²) in [5.74, 6) is 0. The van der Waals surface area contributed by atoms with Crippen LogP contribution in [-0.4, -0.2) is 6.26 Å². The molecule has 1 aliphatic rings. The second kappa shape index (κ2) is 5.58. The second-order valence-electron chi connectivity index (χ2n) is 3.27. The molecule has 0 spiro atoms. The lowest BCUT2D eigenvalue weighted by atomic mass is 10.2. The van der Waals surface area contributed by atoms with Crippen molar-refractivity contribution in [2.45, 2.75) is 6.92 Å². The Labute approximate surface area is 114 Å². The van der Waals surface area contributed by atoms with Gasteiger partial charge in [0, 0.05) is 9.93 Å². The van der Waals surface area contributed by atoms with E-state index < -0.39 is 0 Å². The highest BCUT2D eigenvalue weighted by atomic mass is 35.5. The number of benzene rings is 1. The first kappa shape index (κ1) is 12.5.